The predicted octanol–water partition coefficient (Wildman–Crippen LogP) is 1.98. The van der Waals surface area contributed by atoms with Crippen LogP contribution in [0.5, 0.6) is 5.75 Å². The monoisotopic (exact) mass is 235 g/mol. The normalized spacial score (nSPS) is 19.8. The van der Waals surface area contributed by atoms with Crippen molar-refractivity contribution in [3.8, 4) is 5.75 Å². The Morgan fingerprint density at radius 1 is 1.06 bits per heavy atom. The maximum Gasteiger partial charge on any atom is 0.119 e. The molecule has 3 heteroatoms. The molecule has 0 aliphatic carbocycles. The molecule has 1 aliphatic rings. The van der Waals surface area contributed by atoms with E-state index in [1.54, 1.807) is 7.11 Å². The number of anilines is 1. The van der Waals surface area contributed by atoms with Gasteiger partial charge in [0.1, 0.15) is 5.75 Å². The lowest BCUT2D eigenvalue weighted by molar-refractivity contribution is -0.887. The van der Waals surface area contributed by atoms with Gasteiger partial charge in [0.2, 0.25) is 0 Å². The lowest BCUT2D eigenvalue weighted by atomic mass is 10.2. The molecule has 94 valence electrons. The predicted molar refractivity (Wildman–Crippen MR) is 71.7 cm³/mol. The van der Waals surface area contributed by atoms with Crippen molar-refractivity contribution in [2.45, 2.75) is 6.42 Å². The molecule has 2 rings (SSSR count). The summed E-state index contributed by atoms with van der Waals surface area (Å²) in [6.45, 7) is 4.78. The number of benzene rings is 1. The molecule has 0 aromatic heterocycles. The minimum Gasteiger partial charge on any atom is -0.497 e. The molecule has 1 aliphatic heterocycles. The molecule has 0 atom stereocenters. The summed E-state index contributed by atoms with van der Waals surface area (Å²) in [6, 6.07) is 8.40. The Kier molecular flexibility index (Phi) is 3.57. The molecule has 0 amide bonds. The first-order chi connectivity index (χ1) is 8.11. The first kappa shape index (κ1) is 12.2. The van der Waals surface area contributed by atoms with E-state index in [1.165, 1.54) is 25.2 Å². The van der Waals surface area contributed by atoms with Gasteiger partial charge < -0.3 is 14.1 Å². The van der Waals surface area contributed by atoms with Crippen molar-refractivity contribution in [1.82, 2.24) is 0 Å². The number of rotatable bonds is 2. The van der Waals surface area contributed by atoms with Crippen LogP contribution < -0.4 is 9.64 Å². The Labute approximate surface area is 104 Å². The molecular formula is C14H23N2O+. The van der Waals surface area contributed by atoms with Crippen LogP contribution in [0, 0.1) is 0 Å². The number of methoxy groups -OCH3 is 1. The van der Waals surface area contributed by atoms with Crippen molar-refractivity contribution in [3.05, 3.63) is 24.3 Å². The van der Waals surface area contributed by atoms with E-state index in [0.717, 1.165) is 23.3 Å². The van der Waals surface area contributed by atoms with Gasteiger partial charge in [-0.2, -0.15) is 0 Å². The molecule has 0 N–H and O–H groups in total. The van der Waals surface area contributed by atoms with Crippen LogP contribution in [-0.4, -0.2) is 51.9 Å². The highest BCUT2D eigenvalue weighted by Gasteiger charge is 2.21. The number of likely N-dealkylation sites (N-methyl/N-ethyl adjacent to an activating group) is 1. The van der Waals surface area contributed by atoms with E-state index in [9.17, 15) is 0 Å². The van der Waals surface area contributed by atoms with E-state index in [2.05, 4.69) is 31.1 Å². The minimum atomic E-state index is 0.930. The van der Waals surface area contributed by atoms with Crippen LogP contribution in [-0.2, 0) is 0 Å². The number of quaternary nitrogens is 1. The number of hydrogen-bond acceptors (Lipinski definition) is 2. The van der Waals surface area contributed by atoms with Crippen LogP contribution in [0.3, 0.4) is 0 Å². The van der Waals surface area contributed by atoms with Gasteiger partial charge in [-0.15, -0.1) is 0 Å². The van der Waals surface area contributed by atoms with Gasteiger partial charge in [0.15, 0.2) is 0 Å². The third-order valence-corrected chi connectivity index (χ3v) is 3.60. The smallest absolute Gasteiger partial charge is 0.119 e. The van der Waals surface area contributed by atoms with Crippen molar-refractivity contribution in [1.29, 1.82) is 0 Å². The lowest BCUT2D eigenvalue weighted by Gasteiger charge is -2.28. The molecule has 17 heavy (non-hydrogen) atoms. The number of hydrogen-bond donors (Lipinski definition) is 0. The second-order valence-corrected chi connectivity index (χ2v) is 5.42. The van der Waals surface area contributed by atoms with Gasteiger partial charge in [0.05, 0.1) is 40.8 Å². The molecule has 1 heterocycles. The molecule has 1 saturated heterocycles. The Morgan fingerprint density at radius 3 is 2.41 bits per heavy atom. The Hall–Kier alpha value is -1.22. The summed E-state index contributed by atoms with van der Waals surface area (Å²) in [5.74, 6) is 0.930. The third kappa shape index (κ3) is 3.13. The van der Waals surface area contributed by atoms with Crippen LogP contribution >= 0.6 is 0 Å². The molecule has 0 unspecified atom stereocenters. The molecule has 1 fully saturated rings. The quantitative estimate of drug-likeness (QED) is 0.727. The van der Waals surface area contributed by atoms with Crippen LogP contribution in [0.1, 0.15) is 6.42 Å². The highest BCUT2D eigenvalue weighted by Crippen LogP contribution is 2.21. The SMILES string of the molecule is COc1ccc(N2CCC[N+](C)(C)CC2)cc1. The fourth-order valence-electron chi connectivity index (χ4n) is 2.36. The minimum absolute atomic E-state index is 0.930. The van der Waals surface area contributed by atoms with E-state index in [4.69, 9.17) is 4.74 Å². The average Bonchev–Trinajstić information content (AvgIpc) is 2.50. The van der Waals surface area contributed by atoms with Crippen molar-refractivity contribution in [3.63, 3.8) is 0 Å². The van der Waals surface area contributed by atoms with Gasteiger partial charge in [0, 0.05) is 18.7 Å². The van der Waals surface area contributed by atoms with Gasteiger partial charge in [0.25, 0.3) is 0 Å². The van der Waals surface area contributed by atoms with Gasteiger partial charge in [-0.05, 0) is 24.3 Å². The Morgan fingerprint density at radius 2 is 1.76 bits per heavy atom. The molecule has 1 aromatic rings. The van der Waals surface area contributed by atoms with Gasteiger partial charge in [-0.25, -0.2) is 0 Å². The molecule has 0 spiro atoms. The molecule has 0 saturated carbocycles. The number of ether oxygens (including phenoxy) is 1. The Balaban J connectivity index is 2.06. The van der Waals surface area contributed by atoms with Crippen LogP contribution in [0.2, 0.25) is 0 Å². The van der Waals surface area contributed by atoms with Crippen molar-refractivity contribution < 1.29 is 9.22 Å². The third-order valence-electron chi connectivity index (χ3n) is 3.60. The van der Waals surface area contributed by atoms with Gasteiger partial charge in [-0.1, -0.05) is 0 Å². The maximum atomic E-state index is 5.19. The summed E-state index contributed by atoms with van der Waals surface area (Å²) in [4.78, 5) is 2.48. The summed E-state index contributed by atoms with van der Waals surface area (Å²) in [5.41, 5.74) is 1.31. The second kappa shape index (κ2) is 4.96. The molecule has 0 radical (unpaired) electrons. The van der Waals surface area contributed by atoms with Crippen molar-refractivity contribution in [2.75, 3.05) is 52.3 Å². The van der Waals surface area contributed by atoms with Gasteiger partial charge in [-0.3, -0.25) is 0 Å². The van der Waals surface area contributed by atoms with E-state index < -0.39 is 0 Å². The fraction of sp³-hybridized carbons (Fsp3) is 0.571. The highest BCUT2D eigenvalue weighted by atomic mass is 16.5. The van der Waals surface area contributed by atoms with E-state index >= 15 is 0 Å². The van der Waals surface area contributed by atoms with Gasteiger partial charge >= 0.3 is 0 Å². The first-order valence-corrected chi connectivity index (χ1v) is 6.32. The molecule has 1 aromatic carbocycles. The zero-order chi connectivity index (χ0) is 12.3. The summed E-state index contributed by atoms with van der Waals surface area (Å²) in [7, 11) is 6.34. The standard InChI is InChI=1S/C14H23N2O/c1-16(2)11-4-9-15(10-12-16)13-5-7-14(17-3)8-6-13/h5-8H,4,9-12H2,1-3H3/q+1. The van der Waals surface area contributed by atoms with Crippen molar-refractivity contribution in [2.24, 2.45) is 0 Å². The fourth-order valence-corrected chi connectivity index (χ4v) is 2.36. The molecule has 3 nitrogen and oxygen atoms in total. The summed E-state index contributed by atoms with van der Waals surface area (Å²) in [6.07, 6.45) is 1.26. The summed E-state index contributed by atoms with van der Waals surface area (Å²) < 4.78 is 6.32. The van der Waals surface area contributed by atoms with Crippen LogP contribution in [0.15, 0.2) is 24.3 Å². The van der Waals surface area contributed by atoms with E-state index in [-0.39, 0.29) is 0 Å². The number of nitrogens with zero attached hydrogens (tertiary/aromatic N) is 2. The lowest BCUT2D eigenvalue weighted by Crippen LogP contribution is -2.42. The van der Waals surface area contributed by atoms with Crippen molar-refractivity contribution >= 4 is 5.69 Å². The highest BCUT2D eigenvalue weighted by molar-refractivity contribution is 5.49. The summed E-state index contributed by atoms with van der Waals surface area (Å²) >= 11 is 0. The molecular weight excluding hydrogens is 212 g/mol. The largest absolute Gasteiger partial charge is 0.497 e. The van der Waals surface area contributed by atoms with E-state index in [1.807, 2.05) is 12.1 Å². The van der Waals surface area contributed by atoms with E-state index in [0.29, 0.717) is 0 Å². The zero-order valence-electron chi connectivity index (χ0n) is 11.1. The average molecular weight is 235 g/mol. The Bertz CT molecular complexity index is 359. The maximum absolute atomic E-state index is 5.19. The molecule has 0 bridgehead atoms. The summed E-state index contributed by atoms with van der Waals surface area (Å²) in [5, 5.41) is 0. The zero-order valence-corrected chi connectivity index (χ0v) is 11.1. The topological polar surface area (TPSA) is 12.5 Å². The first-order valence-electron chi connectivity index (χ1n) is 6.32. The van der Waals surface area contributed by atoms with Crippen LogP contribution in [0.4, 0.5) is 5.69 Å². The second-order valence-electron chi connectivity index (χ2n) is 5.42. The van der Waals surface area contributed by atoms with Crippen LogP contribution in [0.25, 0.3) is 0 Å².